The Hall–Kier alpha value is -5.62. The van der Waals surface area contributed by atoms with E-state index in [4.69, 9.17) is 10.8 Å². The summed E-state index contributed by atoms with van der Waals surface area (Å²) in [7, 11) is -7.27. The lowest BCUT2D eigenvalue weighted by molar-refractivity contribution is -0.136. The zero-order chi connectivity index (χ0) is 38.4. The lowest BCUT2D eigenvalue weighted by Gasteiger charge is -2.08. The van der Waals surface area contributed by atoms with Gasteiger partial charge < -0.3 is 16.2 Å². The number of carboxylic acids is 1. The minimum absolute atomic E-state index is 0.0416. The van der Waals surface area contributed by atoms with Crippen LogP contribution < -0.4 is 20.5 Å². The van der Waals surface area contributed by atoms with Crippen LogP contribution in [-0.2, 0) is 29.6 Å². The van der Waals surface area contributed by atoms with E-state index in [1.54, 1.807) is 79.3 Å². The molecule has 0 radical (unpaired) electrons. The van der Waals surface area contributed by atoms with E-state index in [1.165, 1.54) is 28.9 Å². The molecule has 0 spiro atoms. The summed E-state index contributed by atoms with van der Waals surface area (Å²) >= 11 is 2.45. The van der Waals surface area contributed by atoms with Crippen molar-refractivity contribution in [3.8, 4) is 22.3 Å². The monoisotopic (exact) mass is 792 g/mol. The van der Waals surface area contributed by atoms with Gasteiger partial charge in [0.15, 0.2) is 10.3 Å². The first-order valence-corrected chi connectivity index (χ1v) is 20.5. The molecule has 276 valence electrons. The Kier molecular flexibility index (Phi) is 14.2. The number of hydrogen-bond acceptors (Lipinski definition) is 11. The highest BCUT2D eigenvalue weighted by atomic mass is 32.2. The van der Waals surface area contributed by atoms with Crippen molar-refractivity contribution >= 4 is 76.2 Å². The number of carbonyl (C=O) groups is 2. The number of nitrogens with one attached hydrogen (secondary N) is 3. The highest BCUT2D eigenvalue weighted by Gasteiger charge is 2.16. The van der Waals surface area contributed by atoms with Crippen LogP contribution in [0.4, 0.5) is 21.6 Å². The summed E-state index contributed by atoms with van der Waals surface area (Å²) in [6.45, 7) is 3.39. The number of rotatable bonds is 11. The zero-order valence-corrected chi connectivity index (χ0v) is 31.7. The number of hydrogen-bond donors (Lipinski definition) is 5. The molecule has 6 aromatic rings. The van der Waals surface area contributed by atoms with Gasteiger partial charge in [0.05, 0.1) is 9.79 Å². The second kappa shape index (κ2) is 18.7. The fraction of sp³-hybridized carbons (Fsp3) is 0.111. The topological polar surface area (TPSA) is 211 Å². The Morgan fingerprint density at radius 2 is 0.981 bits per heavy atom. The van der Waals surface area contributed by atoms with Crippen LogP contribution in [0.3, 0.4) is 0 Å². The van der Waals surface area contributed by atoms with Crippen molar-refractivity contribution in [3.05, 3.63) is 120 Å². The van der Waals surface area contributed by atoms with E-state index in [0.29, 0.717) is 22.4 Å². The summed E-state index contributed by atoms with van der Waals surface area (Å²) in [4.78, 5) is 29.0. The van der Waals surface area contributed by atoms with Gasteiger partial charge in [-0.25, -0.2) is 26.8 Å². The van der Waals surface area contributed by atoms with Gasteiger partial charge in [-0.05, 0) is 70.8 Å². The maximum atomic E-state index is 12.3. The smallest absolute Gasteiger partial charge is 0.303 e. The van der Waals surface area contributed by atoms with Gasteiger partial charge >= 0.3 is 5.97 Å². The van der Waals surface area contributed by atoms with Crippen LogP contribution in [0.5, 0.6) is 0 Å². The summed E-state index contributed by atoms with van der Waals surface area (Å²) in [6, 6.07) is 28.1. The van der Waals surface area contributed by atoms with Crippen LogP contribution in [0.15, 0.2) is 130 Å². The molecule has 0 aliphatic rings. The molecule has 6 rings (SSSR count). The van der Waals surface area contributed by atoms with Crippen molar-refractivity contribution in [3.63, 3.8) is 0 Å². The van der Waals surface area contributed by atoms with Crippen LogP contribution >= 0.6 is 22.7 Å². The number of amides is 1. The SMILES string of the molecule is CCC(=O)Nc1ccc(-c2ccc(S(=O)(=O)Nc3nccs3)cc2)cc1.CCC(=O)O.Nc1ccc(-c2ccc(S(=O)(=O)Nc3nccs3)cc2)cc1. The van der Waals surface area contributed by atoms with Crippen molar-refractivity contribution in [2.24, 2.45) is 0 Å². The lowest BCUT2D eigenvalue weighted by Crippen LogP contribution is -2.12. The molecule has 0 aliphatic carbocycles. The quantitative estimate of drug-likeness (QED) is 0.0810. The molecule has 1 amide bonds. The average molecular weight is 793 g/mol. The molecule has 0 unspecified atom stereocenters. The fourth-order valence-electron chi connectivity index (χ4n) is 4.22. The Morgan fingerprint density at radius 1 is 0.623 bits per heavy atom. The Bertz CT molecular complexity index is 2280. The van der Waals surface area contributed by atoms with Gasteiger partial charge in [0, 0.05) is 47.4 Å². The van der Waals surface area contributed by atoms with E-state index in [9.17, 15) is 26.4 Å². The van der Waals surface area contributed by atoms with E-state index in [0.717, 1.165) is 27.9 Å². The summed E-state index contributed by atoms with van der Waals surface area (Å²) in [5.41, 5.74) is 10.8. The largest absolute Gasteiger partial charge is 0.481 e. The van der Waals surface area contributed by atoms with Gasteiger partial charge in [0.1, 0.15) is 0 Å². The van der Waals surface area contributed by atoms with Crippen molar-refractivity contribution in [1.82, 2.24) is 9.97 Å². The third-order valence-electron chi connectivity index (χ3n) is 7.01. The predicted molar refractivity (Wildman–Crippen MR) is 211 cm³/mol. The Morgan fingerprint density at radius 3 is 1.30 bits per heavy atom. The number of sulfonamides is 2. The molecule has 17 heteroatoms. The van der Waals surface area contributed by atoms with Crippen LogP contribution in [-0.4, -0.2) is 43.8 Å². The van der Waals surface area contributed by atoms with Crippen molar-refractivity contribution in [2.75, 3.05) is 20.5 Å². The van der Waals surface area contributed by atoms with Crippen molar-refractivity contribution in [1.29, 1.82) is 0 Å². The van der Waals surface area contributed by atoms with Gasteiger partial charge in [-0.1, -0.05) is 62.4 Å². The lowest BCUT2D eigenvalue weighted by atomic mass is 10.1. The number of anilines is 4. The maximum absolute atomic E-state index is 12.3. The zero-order valence-electron chi connectivity index (χ0n) is 28.5. The molecular weight excluding hydrogens is 757 g/mol. The molecule has 2 aromatic heterocycles. The first-order valence-electron chi connectivity index (χ1n) is 15.8. The van der Waals surface area contributed by atoms with Gasteiger partial charge in [0.2, 0.25) is 5.91 Å². The average Bonchev–Trinajstić information content (AvgIpc) is 3.87. The summed E-state index contributed by atoms with van der Waals surface area (Å²) in [6.07, 6.45) is 3.73. The number of carbonyl (C=O) groups excluding carboxylic acids is 1. The molecule has 0 bridgehead atoms. The van der Waals surface area contributed by atoms with Gasteiger partial charge in [-0.3, -0.25) is 19.0 Å². The fourth-order valence-corrected chi connectivity index (χ4v) is 7.80. The number of aliphatic carboxylic acids is 1. The first kappa shape index (κ1) is 40.2. The second-order valence-electron chi connectivity index (χ2n) is 10.8. The molecule has 2 heterocycles. The number of nitrogens with two attached hydrogens (primary N) is 1. The maximum Gasteiger partial charge on any atom is 0.303 e. The van der Waals surface area contributed by atoms with Gasteiger partial charge in [0.25, 0.3) is 20.0 Å². The Balaban J connectivity index is 0.000000212. The van der Waals surface area contributed by atoms with E-state index in [2.05, 4.69) is 24.7 Å². The predicted octanol–water partition coefficient (Wildman–Crippen LogP) is 7.63. The Labute approximate surface area is 315 Å². The van der Waals surface area contributed by atoms with Gasteiger partial charge in [-0.2, -0.15) is 0 Å². The highest BCUT2D eigenvalue weighted by Crippen LogP contribution is 2.26. The number of thiazole rings is 2. The van der Waals surface area contributed by atoms with Crippen molar-refractivity contribution < 1.29 is 31.5 Å². The standard InChI is InChI=1S/C18H17N3O3S2.C15H13N3O2S2.C3H6O2/c1-2-17(22)20-15-7-3-13(4-8-15)14-5-9-16(10-6-14)26(23,24)21-18-19-11-12-25-18;16-13-5-1-11(2-6-13)12-3-7-14(8-4-12)22(19,20)18-15-17-9-10-21-15;1-2-3(4)5/h3-12H,2H2,1H3,(H,19,21)(H,20,22);1-10H,16H2,(H,17,18);2H2,1H3,(H,4,5). The third kappa shape index (κ3) is 12.2. The van der Waals surface area contributed by atoms with Crippen LogP contribution in [0.2, 0.25) is 0 Å². The summed E-state index contributed by atoms with van der Waals surface area (Å²) in [5, 5.41) is 14.6. The molecule has 0 atom stereocenters. The third-order valence-corrected chi connectivity index (χ3v) is 11.4. The van der Waals surface area contributed by atoms with E-state index >= 15 is 0 Å². The number of carboxylic acid groups (broad SMARTS) is 1. The second-order valence-corrected chi connectivity index (χ2v) is 15.9. The summed E-state index contributed by atoms with van der Waals surface area (Å²) < 4.78 is 54.0. The molecule has 0 aliphatic heterocycles. The number of benzene rings is 4. The highest BCUT2D eigenvalue weighted by molar-refractivity contribution is 7.93. The minimum atomic E-state index is -3.65. The molecule has 0 saturated heterocycles. The molecule has 6 N–H and O–H groups in total. The van der Waals surface area contributed by atoms with Crippen LogP contribution in [0.1, 0.15) is 26.7 Å². The minimum Gasteiger partial charge on any atom is -0.481 e. The number of nitrogens with zero attached hydrogens (tertiary/aromatic N) is 2. The van der Waals surface area contributed by atoms with Crippen LogP contribution in [0.25, 0.3) is 22.3 Å². The van der Waals surface area contributed by atoms with E-state index in [1.807, 2.05) is 48.5 Å². The van der Waals surface area contributed by atoms with Gasteiger partial charge in [-0.15, -0.1) is 22.7 Å². The number of nitrogen functional groups attached to an aromatic ring is 1. The van der Waals surface area contributed by atoms with Crippen LogP contribution in [0, 0.1) is 0 Å². The molecule has 53 heavy (non-hydrogen) atoms. The molecule has 13 nitrogen and oxygen atoms in total. The summed E-state index contributed by atoms with van der Waals surface area (Å²) in [5.74, 6) is -0.787. The van der Waals surface area contributed by atoms with E-state index in [-0.39, 0.29) is 22.1 Å². The molecule has 0 fully saturated rings. The van der Waals surface area contributed by atoms with E-state index < -0.39 is 26.0 Å². The normalized spacial score (nSPS) is 10.8. The van der Waals surface area contributed by atoms with Crippen molar-refractivity contribution in [2.45, 2.75) is 36.5 Å². The molecule has 0 saturated carbocycles. The molecular formula is C36H36N6O7S4. The number of aromatic nitrogens is 2. The first-order chi connectivity index (χ1) is 25.3. The molecule has 4 aromatic carbocycles.